The lowest BCUT2D eigenvalue weighted by atomic mass is 10.1. The zero-order chi connectivity index (χ0) is 13.0. The highest BCUT2D eigenvalue weighted by Gasteiger charge is 2.24. The van der Waals surface area contributed by atoms with Crippen LogP contribution in [0.4, 0.5) is 11.8 Å². The van der Waals surface area contributed by atoms with Gasteiger partial charge in [-0.2, -0.15) is 4.98 Å². The van der Waals surface area contributed by atoms with Gasteiger partial charge >= 0.3 is 0 Å². The molecule has 0 radical (unpaired) electrons. The van der Waals surface area contributed by atoms with Crippen molar-refractivity contribution in [1.82, 2.24) is 9.97 Å². The van der Waals surface area contributed by atoms with E-state index in [0.717, 1.165) is 43.9 Å². The number of hydrogen-bond acceptors (Lipinski definition) is 5. The summed E-state index contributed by atoms with van der Waals surface area (Å²) in [6.45, 7) is 7.21. The molecule has 2 N–H and O–H groups in total. The van der Waals surface area contributed by atoms with Crippen LogP contribution in [0.15, 0.2) is 6.20 Å². The summed E-state index contributed by atoms with van der Waals surface area (Å²) in [6.07, 6.45) is 3.90. The number of aliphatic hydroxyl groups is 1. The second-order valence-electron chi connectivity index (χ2n) is 4.84. The standard InChI is InChI=1S/C13H22N4O/c1-3-14-13-15-8-10(2)12(16-13)17-6-4-11(9-17)5-7-18/h8,11,18H,3-7,9H2,1-2H3,(H,14,15,16). The van der Waals surface area contributed by atoms with Gasteiger partial charge in [-0.15, -0.1) is 0 Å². The number of nitrogens with zero attached hydrogens (tertiary/aromatic N) is 3. The molecule has 0 bridgehead atoms. The van der Waals surface area contributed by atoms with Crippen LogP contribution in [0.2, 0.25) is 0 Å². The molecule has 1 unspecified atom stereocenters. The van der Waals surface area contributed by atoms with Gasteiger partial charge in [0, 0.05) is 38.0 Å². The van der Waals surface area contributed by atoms with Crippen molar-refractivity contribution in [3.8, 4) is 0 Å². The maximum Gasteiger partial charge on any atom is 0.224 e. The van der Waals surface area contributed by atoms with E-state index in [9.17, 15) is 0 Å². The van der Waals surface area contributed by atoms with Crippen molar-refractivity contribution in [2.45, 2.75) is 26.7 Å². The van der Waals surface area contributed by atoms with Crippen molar-refractivity contribution in [3.05, 3.63) is 11.8 Å². The number of hydrogen-bond donors (Lipinski definition) is 2. The van der Waals surface area contributed by atoms with E-state index in [2.05, 4.69) is 20.2 Å². The molecule has 2 rings (SSSR count). The summed E-state index contributed by atoms with van der Waals surface area (Å²) in [5.41, 5.74) is 1.11. The number of aromatic nitrogens is 2. The number of rotatable bonds is 5. The molecular formula is C13H22N4O. The molecule has 100 valence electrons. The van der Waals surface area contributed by atoms with Crippen molar-refractivity contribution in [2.75, 3.05) is 36.5 Å². The maximum atomic E-state index is 9.00. The van der Waals surface area contributed by atoms with Crippen LogP contribution in [-0.4, -0.2) is 41.3 Å². The molecule has 0 aliphatic carbocycles. The summed E-state index contributed by atoms with van der Waals surface area (Å²) in [4.78, 5) is 11.2. The van der Waals surface area contributed by atoms with E-state index in [1.54, 1.807) is 0 Å². The second-order valence-corrected chi connectivity index (χ2v) is 4.84. The van der Waals surface area contributed by atoms with Crippen LogP contribution in [-0.2, 0) is 0 Å². The molecule has 1 aliphatic heterocycles. The first-order chi connectivity index (χ1) is 8.74. The summed E-state index contributed by atoms with van der Waals surface area (Å²) in [5.74, 6) is 2.32. The summed E-state index contributed by atoms with van der Waals surface area (Å²) in [5, 5.41) is 12.1. The fourth-order valence-electron chi connectivity index (χ4n) is 2.44. The van der Waals surface area contributed by atoms with Gasteiger partial charge in [0.25, 0.3) is 0 Å². The minimum absolute atomic E-state index is 0.282. The van der Waals surface area contributed by atoms with Gasteiger partial charge in [-0.1, -0.05) is 0 Å². The highest BCUT2D eigenvalue weighted by Crippen LogP contribution is 2.26. The zero-order valence-electron chi connectivity index (χ0n) is 11.2. The fraction of sp³-hybridized carbons (Fsp3) is 0.692. The smallest absolute Gasteiger partial charge is 0.224 e. The summed E-state index contributed by atoms with van der Waals surface area (Å²) in [7, 11) is 0. The summed E-state index contributed by atoms with van der Waals surface area (Å²) >= 11 is 0. The minimum atomic E-state index is 0.282. The van der Waals surface area contributed by atoms with Crippen LogP contribution in [0.5, 0.6) is 0 Å². The monoisotopic (exact) mass is 250 g/mol. The Hall–Kier alpha value is -1.36. The molecule has 5 nitrogen and oxygen atoms in total. The molecule has 5 heteroatoms. The van der Waals surface area contributed by atoms with Crippen molar-refractivity contribution < 1.29 is 5.11 Å². The lowest BCUT2D eigenvalue weighted by Gasteiger charge is -2.20. The molecule has 0 aromatic carbocycles. The van der Waals surface area contributed by atoms with Gasteiger partial charge in [-0.25, -0.2) is 4.98 Å². The van der Waals surface area contributed by atoms with E-state index in [1.165, 1.54) is 0 Å². The largest absolute Gasteiger partial charge is 0.396 e. The lowest BCUT2D eigenvalue weighted by molar-refractivity contribution is 0.263. The predicted molar refractivity (Wildman–Crippen MR) is 73.0 cm³/mol. The first-order valence-corrected chi connectivity index (χ1v) is 6.68. The van der Waals surface area contributed by atoms with Crippen LogP contribution in [0.25, 0.3) is 0 Å². The van der Waals surface area contributed by atoms with E-state index in [4.69, 9.17) is 5.11 Å². The van der Waals surface area contributed by atoms with E-state index < -0.39 is 0 Å². The minimum Gasteiger partial charge on any atom is -0.396 e. The average Bonchev–Trinajstić information content (AvgIpc) is 2.81. The SMILES string of the molecule is CCNc1ncc(C)c(N2CCC(CCO)C2)n1. The Kier molecular flexibility index (Phi) is 4.36. The van der Waals surface area contributed by atoms with Gasteiger partial charge in [0.05, 0.1) is 0 Å². The maximum absolute atomic E-state index is 9.00. The Morgan fingerprint density at radius 3 is 3.11 bits per heavy atom. The highest BCUT2D eigenvalue weighted by atomic mass is 16.3. The molecule has 1 aromatic rings. The molecule has 1 atom stereocenters. The Balaban J connectivity index is 2.10. The van der Waals surface area contributed by atoms with E-state index in [-0.39, 0.29) is 6.61 Å². The van der Waals surface area contributed by atoms with Crippen LogP contribution >= 0.6 is 0 Å². The van der Waals surface area contributed by atoms with Crippen LogP contribution in [0.3, 0.4) is 0 Å². The van der Waals surface area contributed by atoms with Crippen molar-refractivity contribution in [3.63, 3.8) is 0 Å². The molecule has 0 amide bonds. The van der Waals surface area contributed by atoms with Gasteiger partial charge < -0.3 is 15.3 Å². The second kappa shape index (κ2) is 6.00. The average molecular weight is 250 g/mol. The topological polar surface area (TPSA) is 61.3 Å². The first-order valence-electron chi connectivity index (χ1n) is 6.68. The molecule has 1 aliphatic rings. The Bertz CT molecular complexity index is 397. The van der Waals surface area contributed by atoms with Gasteiger partial charge in [-0.05, 0) is 32.6 Å². The Labute approximate surface area is 108 Å². The molecule has 0 spiro atoms. The number of aryl methyl sites for hydroxylation is 1. The van der Waals surface area contributed by atoms with Gasteiger partial charge in [0.2, 0.25) is 5.95 Å². The van der Waals surface area contributed by atoms with Crippen LogP contribution in [0.1, 0.15) is 25.3 Å². The zero-order valence-corrected chi connectivity index (χ0v) is 11.2. The third kappa shape index (κ3) is 2.90. The van der Waals surface area contributed by atoms with Crippen LogP contribution in [0, 0.1) is 12.8 Å². The molecule has 1 fully saturated rings. The quantitative estimate of drug-likeness (QED) is 0.827. The third-order valence-corrected chi connectivity index (χ3v) is 3.40. The van der Waals surface area contributed by atoms with E-state index >= 15 is 0 Å². The first kappa shape index (κ1) is 13.1. The molecule has 18 heavy (non-hydrogen) atoms. The highest BCUT2D eigenvalue weighted by molar-refractivity contribution is 5.49. The Morgan fingerprint density at radius 2 is 2.39 bits per heavy atom. The molecule has 1 saturated heterocycles. The predicted octanol–water partition coefficient (Wildman–Crippen LogP) is 1.43. The summed E-state index contributed by atoms with van der Waals surface area (Å²) in [6, 6.07) is 0. The molecule has 1 aromatic heterocycles. The lowest BCUT2D eigenvalue weighted by Crippen LogP contribution is -2.23. The molecule has 0 saturated carbocycles. The van der Waals surface area contributed by atoms with Crippen LogP contribution < -0.4 is 10.2 Å². The molecular weight excluding hydrogens is 228 g/mol. The van der Waals surface area contributed by atoms with Crippen molar-refractivity contribution in [1.29, 1.82) is 0 Å². The van der Waals surface area contributed by atoms with Crippen molar-refractivity contribution >= 4 is 11.8 Å². The van der Waals surface area contributed by atoms with Gasteiger partial charge in [0.15, 0.2) is 0 Å². The van der Waals surface area contributed by atoms with Crippen molar-refractivity contribution in [2.24, 2.45) is 5.92 Å². The normalized spacial score (nSPS) is 19.3. The van der Waals surface area contributed by atoms with E-state index in [1.807, 2.05) is 20.0 Å². The number of anilines is 2. The van der Waals surface area contributed by atoms with Gasteiger partial charge in [0.1, 0.15) is 5.82 Å². The number of aliphatic hydroxyl groups excluding tert-OH is 1. The van der Waals surface area contributed by atoms with Gasteiger partial charge in [-0.3, -0.25) is 0 Å². The fourth-order valence-corrected chi connectivity index (χ4v) is 2.44. The Morgan fingerprint density at radius 1 is 1.56 bits per heavy atom. The third-order valence-electron chi connectivity index (χ3n) is 3.40. The summed E-state index contributed by atoms with van der Waals surface area (Å²) < 4.78 is 0. The van der Waals surface area contributed by atoms with E-state index in [0.29, 0.717) is 11.9 Å². The molecule has 2 heterocycles. The number of nitrogens with one attached hydrogen (secondary N) is 1.